The lowest BCUT2D eigenvalue weighted by molar-refractivity contribution is -0.133. The zero-order chi connectivity index (χ0) is 16.9. The number of piperidine rings is 2. The van der Waals surface area contributed by atoms with Crippen LogP contribution in [0.5, 0.6) is 0 Å². The van der Waals surface area contributed by atoms with Crippen LogP contribution in [-0.4, -0.2) is 70.2 Å². The molecule has 1 atom stereocenters. The fourth-order valence-electron chi connectivity index (χ4n) is 3.55. The highest BCUT2D eigenvalue weighted by Gasteiger charge is 2.25. The summed E-state index contributed by atoms with van der Waals surface area (Å²) in [6, 6.07) is 1.80. The number of nitrogens with one attached hydrogen (secondary N) is 1. The van der Waals surface area contributed by atoms with E-state index in [0.717, 1.165) is 51.9 Å². The third-order valence-electron chi connectivity index (χ3n) is 4.85. The largest absolute Gasteiger partial charge is 0.347 e. The van der Waals surface area contributed by atoms with Crippen LogP contribution in [-0.2, 0) is 11.8 Å². The van der Waals surface area contributed by atoms with Gasteiger partial charge in [0.2, 0.25) is 5.91 Å². The minimum atomic E-state index is -0.134. The van der Waals surface area contributed by atoms with Crippen LogP contribution in [0.2, 0.25) is 0 Å². The van der Waals surface area contributed by atoms with Gasteiger partial charge in [-0.15, -0.1) is 0 Å². The quantitative estimate of drug-likeness (QED) is 0.877. The fourth-order valence-corrected chi connectivity index (χ4v) is 3.55. The summed E-state index contributed by atoms with van der Waals surface area (Å²) in [6.45, 7) is 3.92. The number of nitrogens with zero attached hydrogens (tertiary/aromatic N) is 4. The third kappa shape index (κ3) is 4.35. The Morgan fingerprint density at radius 2 is 2.00 bits per heavy atom. The molecule has 1 aromatic heterocycles. The van der Waals surface area contributed by atoms with Gasteiger partial charge in [0.1, 0.15) is 5.69 Å². The van der Waals surface area contributed by atoms with E-state index in [1.807, 2.05) is 4.90 Å². The Morgan fingerprint density at radius 3 is 2.71 bits per heavy atom. The van der Waals surface area contributed by atoms with Crippen molar-refractivity contribution < 1.29 is 9.59 Å². The number of amides is 2. The van der Waals surface area contributed by atoms with E-state index >= 15 is 0 Å². The Balaban J connectivity index is 1.48. The second-order valence-corrected chi connectivity index (χ2v) is 6.86. The van der Waals surface area contributed by atoms with Gasteiger partial charge in [-0.25, -0.2) is 0 Å². The Morgan fingerprint density at radius 1 is 1.21 bits per heavy atom. The maximum Gasteiger partial charge on any atom is 0.272 e. The molecule has 2 saturated heterocycles. The van der Waals surface area contributed by atoms with Crippen LogP contribution in [0.1, 0.15) is 42.6 Å². The highest BCUT2D eigenvalue weighted by atomic mass is 16.2. The van der Waals surface area contributed by atoms with Crippen molar-refractivity contribution >= 4 is 11.8 Å². The Hall–Kier alpha value is -1.89. The summed E-state index contributed by atoms with van der Waals surface area (Å²) in [5.74, 6) is 0.0937. The highest BCUT2D eigenvalue weighted by Crippen LogP contribution is 2.13. The SMILES string of the molecule is Cn1ccc(C(=O)NC2CCCN(CC(=O)N3CCCCC3)C2)n1. The summed E-state index contributed by atoms with van der Waals surface area (Å²) in [6.07, 6.45) is 7.19. The van der Waals surface area contributed by atoms with Gasteiger partial charge < -0.3 is 10.2 Å². The zero-order valence-electron chi connectivity index (χ0n) is 14.4. The molecule has 0 saturated carbocycles. The molecule has 2 aliphatic rings. The number of aromatic nitrogens is 2. The summed E-state index contributed by atoms with van der Waals surface area (Å²) in [5.41, 5.74) is 0.444. The molecule has 2 aliphatic heterocycles. The van der Waals surface area contributed by atoms with Crippen LogP contribution in [0.4, 0.5) is 0 Å². The van der Waals surface area contributed by atoms with Gasteiger partial charge in [-0.1, -0.05) is 0 Å². The molecule has 2 fully saturated rings. The van der Waals surface area contributed by atoms with Gasteiger partial charge in [-0.2, -0.15) is 5.10 Å². The highest BCUT2D eigenvalue weighted by molar-refractivity contribution is 5.92. The predicted molar refractivity (Wildman–Crippen MR) is 90.6 cm³/mol. The van der Waals surface area contributed by atoms with Crippen LogP contribution in [0.25, 0.3) is 0 Å². The minimum absolute atomic E-state index is 0.0856. The van der Waals surface area contributed by atoms with Crippen molar-refractivity contribution in [2.24, 2.45) is 7.05 Å². The molecule has 24 heavy (non-hydrogen) atoms. The number of rotatable bonds is 4. The lowest BCUT2D eigenvalue weighted by Gasteiger charge is -2.35. The van der Waals surface area contributed by atoms with E-state index in [1.165, 1.54) is 6.42 Å². The van der Waals surface area contributed by atoms with Crippen molar-refractivity contribution in [3.8, 4) is 0 Å². The van der Waals surface area contributed by atoms with E-state index in [2.05, 4.69) is 15.3 Å². The Bertz CT molecular complexity index is 579. The molecule has 1 N–H and O–H groups in total. The first-order valence-electron chi connectivity index (χ1n) is 8.92. The molecule has 0 aliphatic carbocycles. The standard InChI is InChI=1S/C17H27N5O2/c1-20-11-7-15(19-20)17(24)18-14-6-5-8-21(12-14)13-16(23)22-9-3-2-4-10-22/h7,11,14H,2-6,8-10,12-13H2,1H3,(H,18,24). The monoisotopic (exact) mass is 333 g/mol. The van der Waals surface area contributed by atoms with Gasteiger partial charge in [-0.05, 0) is 44.7 Å². The summed E-state index contributed by atoms with van der Waals surface area (Å²) < 4.78 is 1.62. The van der Waals surface area contributed by atoms with Gasteiger partial charge in [-0.3, -0.25) is 19.2 Å². The summed E-state index contributed by atoms with van der Waals surface area (Å²) in [7, 11) is 1.80. The van der Waals surface area contributed by atoms with Crippen molar-refractivity contribution in [3.05, 3.63) is 18.0 Å². The second-order valence-electron chi connectivity index (χ2n) is 6.86. The van der Waals surface area contributed by atoms with Crippen molar-refractivity contribution in [3.63, 3.8) is 0 Å². The first kappa shape index (κ1) is 17.0. The number of carbonyl (C=O) groups excluding carboxylic acids is 2. The van der Waals surface area contributed by atoms with E-state index in [-0.39, 0.29) is 17.9 Å². The Labute approximate surface area is 143 Å². The number of hydrogen-bond acceptors (Lipinski definition) is 4. The normalized spacial score (nSPS) is 22.4. The van der Waals surface area contributed by atoms with Gasteiger partial charge in [0.15, 0.2) is 0 Å². The smallest absolute Gasteiger partial charge is 0.272 e. The van der Waals surface area contributed by atoms with Gasteiger partial charge in [0.25, 0.3) is 5.91 Å². The lowest BCUT2D eigenvalue weighted by atomic mass is 10.1. The van der Waals surface area contributed by atoms with Gasteiger partial charge in [0.05, 0.1) is 6.54 Å². The molecule has 7 heteroatoms. The van der Waals surface area contributed by atoms with E-state index in [9.17, 15) is 9.59 Å². The van der Waals surface area contributed by atoms with Crippen LogP contribution in [0.3, 0.4) is 0 Å². The summed E-state index contributed by atoms with van der Waals surface area (Å²) in [5, 5.41) is 7.18. The minimum Gasteiger partial charge on any atom is -0.347 e. The van der Waals surface area contributed by atoms with Crippen LogP contribution in [0.15, 0.2) is 12.3 Å². The molecule has 2 amide bonds. The predicted octanol–water partition coefficient (Wildman–Crippen LogP) is 0.627. The number of likely N-dealkylation sites (tertiary alicyclic amines) is 2. The maximum atomic E-state index is 12.4. The second kappa shape index (κ2) is 7.79. The van der Waals surface area contributed by atoms with Gasteiger partial charge in [0, 0.05) is 38.9 Å². The van der Waals surface area contributed by atoms with E-state index < -0.39 is 0 Å². The zero-order valence-corrected chi connectivity index (χ0v) is 14.4. The van der Waals surface area contributed by atoms with Crippen LogP contribution >= 0.6 is 0 Å². The number of aryl methyl sites for hydroxylation is 1. The molecule has 132 valence electrons. The average Bonchev–Trinajstić information content (AvgIpc) is 3.02. The Kier molecular flexibility index (Phi) is 5.50. The number of carbonyl (C=O) groups is 2. The molecule has 1 aromatic rings. The topological polar surface area (TPSA) is 70.5 Å². The van der Waals surface area contributed by atoms with E-state index in [0.29, 0.717) is 12.2 Å². The molecule has 3 heterocycles. The first-order chi connectivity index (χ1) is 11.6. The van der Waals surface area contributed by atoms with E-state index in [1.54, 1.807) is 24.0 Å². The molecular formula is C17H27N5O2. The molecule has 0 spiro atoms. The fraction of sp³-hybridized carbons (Fsp3) is 0.706. The molecular weight excluding hydrogens is 306 g/mol. The van der Waals surface area contributed by atoms with Crippen molar-refractivity contribution in [2.75, 3.05) is 32.7 Å². The summed E-state index contributed by atoms with van der Waals surface area (Å²) >= 11 is 0. The van der Waals surface area contributed by atoms with Crippen LogP contribution < -0.4 is 5.32 Å². The lowest BCUT2D eigenvalue weighted by Crippen LogP contribution is -2.51. The maximum absolute atomic E-state index is 12.4. The third-order valence-corrected chi connectivity index (χ3v) is 4.85. The molecule has 1 unspecified atom stereocenters. The van der Waals surface area contributed by atoms with Crippen molar-refractivity contribution in [1.82, 2.24) is 24.9 Å². The number of hydrogen-bond donors (Lipinski definition) is 1. The molecule has 0 bridgehead atoms. The molecule has 7 nitrogen and oxygen atoms in total. The van der Waals surface area contributed by atoms with Crippen molar-refractivity contribution in [2.45, 2.75) is 38.1 Å². The van der Waals surface area contributed by atoms with Crippen LogP contribution in [0, 0.1) is 0 Å². The first-order valence-corrected chi connectivity index (χ1v) is 8.92. The van der Waals surface area contributed by atoms with E-state index in [4.69, 9.17) is 0 Å². The molecule has 0 aromatic carbocycles. The molecule has 0 radical (unpaired) electrons. The summed E-state index contributed by atoms with van der Waals surface area (Å²) in [4.78, 5) is 28.8. The van der Waals surface area contributed by atoms with Gasteiger partial charge >= 0.3 is 0 Å². The molecule has 3 rings (SSSR count). The van der Waals surface area contributed by atoms with Crippen molar-refractivity contribution in [1.29, 1.82) is 0 Å². The average molecular weight is 333 g/mol.